The Bertz CT molecular complexity index is 638. The van der Waals surface area contributed by atoms with Gasteiger partial charge >= 0.3 is 0 Å². The van der Waals surface area contributed by atoms with Crippen molar-refractivity contribution < 1.29 is 4.79 Å². The third kappa shape index (κ3) is 3.21. The van der Waals surface area contributed by atoms with Crippen LogP contribution in [0.5, 0.6) is 0 Å². The van der Waals surface area contributed by atoms with E-state index < -0.39 is 0 Å². The van der Waals surface area contributed by atoms with E-state index in [1.807, 2.05) is 19.1 Å². The van der Waals surface area contributed by atoms with Gasteiger partial charge in [-0.1, -0.05) is 6.07 Å². The summed E-state index contributed by atoms with van der Waals surface area (Å²) < 4.78 is 0. The van der Waals surface area contributed by atoms with E-state index in [4.69, 9.17) is 0 Å². The molecule has 1 N–H and O–H groups in total. The van der Waals surface area contributed by atoms with E-state index in [9.17, 15) is 4.79 Å². The number of amides is 1. The Morgan fingerprint density at radius 3 is 2.73 bits per heavy atom. The average molecular weight is 297 g/mol. The van der Waals surface area contributed by atoms with Crippen molar-refractivity contribution in [2.45, 2.75) is 19.8 Å². The van der Waals surface area contributed by atoms with Crippen molar-refractivity contribution in [1.82, 2.24) is 15.0 Å². The molecule has 0 bridgehead atoms. The van der Waals surface area contributed by atoms with Crippen LogP contribution >= 0.6 is 0 Å². The standard InChI is InChI=1S/C16H19N5O/c1-12-3-2-6-19-15(12)20-16(22)13-4-9-21(10-5-13)14-11-17-7-8-18-14/h2-3,6-8,11,13H,4-5,9-10H2,1H3,(H,19,20,22). The van der Waals surface area contributed by atoms with E-state index in [-0.39, 0.29) is 11.8 Å². The van der Waals surface area contributed by atoms with E-state index in [1.54, 1.807) is 24.8 Å². The molecule has 1 aliphatic rings. The smallest absolute Gasteiger partial charge is 0.228 e. The number of hydrogen-bond acceptors (Lipinski definition) is 5. The highest BCUT2D eigenvalue weighted by Crippen LogP contribution is 2.22. The number of aromatic nitrogens is 3. The van der Waals surface area contributed by atoms with Gasteiger partial charge in [-0.25, -0.2) is 9.97 Å². The van der Waals surface area contributed by atoms with Crippen LogP contribution in [0.2, 0.25) is 0 Å². The van der Waals surface area contributed by atoms with Crippen molar-refractivity contribution >= 4 is 17.5 Å². The van der Waals surface area contributed by atoms with Gasteiger partial charge in [0.15, 0.2) is 0 Å². The van der Waals surface area contributed by atoms with Crippen LogP contribution in [-0.4, -0.2) is 33.9 Å². The van der Waals surface area contributed by atoms with Gasteiger partial charge in [-0.05, 0) is 31.4 Å². The van der Waals surface area contributed by atoms with Gasteiger partial charge in [-0.15, -0.1) is 0 Å². The number of hydrogen-bond donors (Lipinski definition) is 1. The second-order valence-corrected chi connectivity index (χ2v) is 5.48. The van der Waals surface area contributed by atoms with E-state index in [0.29, 0.717) is 5.82 Å². The van der Waals surface area contributed by atoms with Crippen LogP contribution in [0.4, 0.5) is 11.6 Å². The number of nitrogens with one attached hydrogen (secondary N) is 1. The maximum Gasteiger partial charge on any atom is 0.228 e. The lowest BCUT2D eigenvalue weighted by atomic mass is 9.96. The molecule has 22 heavy (non-hydrogen) atoms. The fourth-order valence-corrected chi connectivity index (χ4v) is 2.66. The number of piperidine rings is 1. The zero-order valence-electron chi connectivity index (χ0n) is 12.6. The first-order chi connectivity index (χ1) is 10.7. The Balaban J connectivity index is 1.57. The molecule has 1 saturated heterocycles. The third-order valence-corrected chi connectivity index (χ3v) is 3.99. The van der Waals surface area contributed by atoms with E-state index >= 15 is 0 Å². The summed E-state index contributed by atoms with van der Waals surface area (Å²) in [5.74, 6) is 1.61. The first-order valence-electron chi connectivity index (χ1n) is 7.47. The van der Waals surface area contributed by atoms with Gasteiger partial charge in [0, 0.05) is 37.6 Å². The Hall–Kier alpha value is -2.50. The number of carbonyl (C=O) groups excluding carboxylic acids is 1. The van der Waals surface area contributed by atoms with Gasteiger partial charge in [-0.3, -0.25) is 9.78 Å². The van der Waals surface area contributed by atoms with Crippen molar-refractivity contribution in [1.29, 1.82) is 0 Å². The third-order valence-electron chi connectivity index (χ3n) is 3.99. The van der Waals surface area contributed by atoms with Crippen LogP contribution in [0, 0.1) is 12.8 Å². The Kier molecular flexibility index (Phi) is 4.27. The Morgan fingerprint density at radius 2 is 2.05 bits per heavy atom. The van der Waals surface area contributed by atoms with Gasteiger partial charge in [0.1, 0.15) is 11.6 Å². The zero-order chi connectivity index (χ0) is 15.4. The number of aryl methyl sites for hydroxylation is 1. The monoisotopic (exact) mass is 297 g/mol. The second-order valence-electron chi connectivity index (χ2n) is 5.48. The van der Waals surface area contributed by atoms with E-state index in [0.717, 1.165) is 37.3 Å². The van der Waals surface area contributed by atoms with Gasteiger partial charge in [0.25, 0.3) is 0 Å². The first kappa shape index (κ1) is 14.4. The highest BCUT2D eigenvalue weighted by Gasteiger charge is 2.26. The molecule has 0 spiro atoms. The molecule has 0 aromatic carbocycles. The summed E-state index contributed by atoms with van der Waals surface area (Å²) in [4.78, 5) is 27.1. The lowest BCUT2D eigenvalue weighted by Crippen LogP contribution is -2.38. The van der Waals surface area contributed by atoms with Crippen LogP contribution in [0.15, 0.2) is 36.9 Å². The summed E-state index contributed by atoms with van der Waals surface area (Å²) in [6.07, 6.45) is 8.44. The Morgan fingerprint density at radius 1 is 1.23 bits per heavy atom. The summed E-state index contributed by atoms with van der Waals surface area (Å²) in [7, 11) is 0. The van der Waals surface area contributed by atoms with Crippen molar-refractivity contribution in [3.05, 3.63) is 42.5 Å². The number of anilines is 2. The highest BCUT2D eigenvalue weighted by atomic mass is 16.1. The second kappa shape index (κ2) is 6.51. The molecular weight excluding hydrogens is 278 g/mol. The van der Waals surface area contributed by atoms with Gasteiger partial charge in [-0.2, -0.15) is 0 Å². The highest BCUT2D eigenvalue weighted by molar-refractivity contribution is 5.92. The number of nitrogens with zero attached hydrogens (tertiary/aromatic N) is 4. The Labute approximate surface area is 129 Å². The van der Waals surface area contributed by atoms with Crippen LogP contribution < -0.4 is 10.2 Å². The lowest BCUT2D eigenvalue weighted by molar-refractivity contribution is -0.120. The summed E-state index contributed by atoms with van der Waals surface area (Å²) in [5.41, 5.74) is 0.979. The van der Waals surface area contributed by atoms with E-state index in [2.05, 4.69) is 25.2 Å². The molecule has 6 heteroatoms. The van der Waals surface area contributed by atoms with Crippen molar-refractivity contribution in [2.75, 3.05) is 23.3 Å². The number of carbonyl (C=O) groups is 1. The minimum Gasteiger partial charge on any atom is -0.355 e. The largest absolute Gasteiger partial charge is 0.355 e. The van der Waals surface area contributed by atoms with Gasteiger partial charge in [0.2, 0.25) is 5.91 Å². The molecule has 1 aliphatic heterocycles. The number of rotatable bonds is 3. The molecule has 0 radical (unpaired) electrons. The molecule has 6 nitrogen and oxygen atoms in total. The molecule has 2 aromatic rings. The maximum absolute atomic E-state index is 12.4. The SMILES string of the molecule is Cc1cccnc1NC(=O)C1CCN(c2cnccn2)CC1. The lowest BCUT2D eigenvalue weighted by Gasteiger charge is -2.31. The minimum atomic E-state index is 0.0225. The van der Waals surface area contributed by atoms with Gasteiger partial charge < -0.3 is 10.2 Å². The molecule has 1 amide bonds. The quantitative estimate of drug-likeness (QED) is 0.938. The molecular formula is C16H19N5O. The average Bonchev–Trinajstić information content (AvgIpc) is 2.58. The zero-order valence-corrected chi connectivity index (χ0v) is 12.6. The van der Waals surface area contributed by atoms with E-state index in [1.165, 1.54) is 0 Å². The first-order valence-corrected chi connectivity index (χ1v) is 7.47. The van der Waals surface area contributed by atoms with Crippen molar-refractivity contribution in [3.63, 3.8) is 0 Å². The molecule has 0 aliphatic carbocycles. The molecule has 0 unspecified atom stereocenters. The molecule has 3 rings (SSSR count). The predicted octanol–water partition coefficient (Wildman–Crippen LogP) is 2.04. The van der Waals surface area contributed by atoms with Crippen LogP contribution in [0.25, 0.3) is 0 Å². The van der Waals surface area contributed by atoms with Crippen LogP contribution in [0.1, 0.15) is 18.4 Å². The topological polar surface area (TPSA) is 71.0 Å². The summed E-state index contributed by atoms with van der Waals surface area (Å²) in [6.45, 7) is 3.58. The number of pyridine rings is 1. The molecule has 0 atom stereocenters. The summed E-state index contributed by atoms with van der Waals surface area (Å²) in [5, 5.41) is 2.94. The molecule has 114 valence electrons. The fraction of sp³-hybridized carbons (Fsp3) is 0.375. The summed E-state index contributed by atoms with van der Waals surface area (Å²) >= 11 is 0. The normalized spacial score (nSPS) is 15.6. The molecule has 3 heterocycles. The van der Waals surface area contributed by atoms with Crippen molar-refractivity contribution in [2.24, 2.45) is 5.92 Å². The maximum atomic E-state index is 12.4. The van der Waals surface area contributed by atoms with Crippen LogP contribution in [-0.2, 0) is 4.79 Å². The molecule has 1 fully saturated rings. The predicted molar refractivity (Wildman–Crippen MR) is 84.6 cm³/mol. The van der Waals surface area contributed by atoms with Crippen LogP contribution in [0.3, 0.4) is 0 Å². The molecule has 2 aromatic heterocycles. The van der Waals surface area contributed by atoms with Gasteiger partial charge in [0.05, 0.1) is 6.20 Å². The molecule has 0 saturated carbocycles. The summed E-state index contributed by atoms with van der Waals surface area (Å²) in [6, 6.07) is 3.81. The minimum absolute atomic E-state index is 0.0225. The fourth-order valence-electron chi connectivity index (χ4n) is 2.66. The van der Waals surface area contributed by atoms with Crippen molar-refractivity contribution in [3.8, 4) is 0 Å².